The average molecular weight is 359 g/mol. The summed E-state index contributed by atoms with van der Waals surface area (Å²) in [6.45, 7) is 2.35. The molecule has 0 atom stereocenters. The molecule has 21 heavy (non-hydrogen) atoms. The molecule has 1 aromatic rings. The minimum Gasteiger partial charge on any atom is -0.384 e. The number of nitrogens with one attached hydrogen (secondary N) is 2. The molecule has 0 spiro atoms. The lowest BCUT2D eigenvalue weighted by atomic mass is 9.78. The highest BCUT2D eigenvalue weighted by molar-refractivity contribution is 9.10. The quantitative estimate of drug-likeness (QED) is 0.848. The monoisotopic (exact) mass is 358 g/mol. The van der Waals surface area contributed by atoms with Gasteiger partial charge in [-0.15, -0.1) is 0 Å². The van der Waals surface area contributed by atoms with Gasteiger partial charge in [-0.2, -0.15) is 0 Å². The fraction of sp³-hybridized carbons (Fsp3) is 0.533. The van der Waals surface area contributed by atoms with Crippen molar-refractivity contribution in [2.24, 2.45) is 5.41 Å². The minimum atomic E-state index is -0.478. The number of rotatable bonds is 5. The van der Waals surface area contributed by atoms with Crippen molar-refractivity contribution in [1.82, 2.24) is 10.6 Å². The number of hydrogen-bond donors (Lipinski definition) is 2. The van der Waals surface area contributed by atoms with Crippen molar-refractivity contribution in [2.75, 3.05) is 26.8 Å². The molecule has 6 heteroatoms. The molecule has 1 aromatic carbocycles. The summed E-state index contributed by atoms with van der Waals surface area (Å²) in [5.41, 5.74) is 0.263. The van der Waals surface area contributed by atoms with E-state index in [2.05, 4.69) is 26.6 Å². The van der Waals surface area contributed by atoms with E-state index in [9.17, 15) is 9.18 Å². The number of carbonyl (C=O) groups is 1. The van der Waals surface area contributed by atoms with Gasteiger partial charge >= 0.3 is 0 Å². The molecule has 0 bridgehead atoms. The van der Waals surface area contributed by atoms with E-state index in [1.807, 2.05) is 0 Å². The molecule has 1 amide bonds. The van der Waals surface area contributed by atoms with Crippen molar-refractivity contribution >= 4 is 21.8 Å². The van der Waals surface area contributed by atoms with E-state index in [4.69, 9.17) is 4.74 Å². The first kappa shape index (κ1) is 16.4. The van der Waals surface area contributed by atoms with E-state index >= 15 is 0 Å². The minimum absolute atomic E-state index is 0.0193. The van der Waals surface area contributed by atoms with Gasteiger partial charge < -0.3 is 15.4 Å². The number of amides is 1. The van der Waals surface area contributed by atoms with Crippen LogP contribution in [0.2, 0.25) is 0 Å². The van der Waals surface area contributed by atoms with Gasteiger partial charge in [-0.25, -0.2) is 4.39 Å². The van der Waals surface area contributed by atoms with Crippen LogP contribution in [0.3, 0.4) is 0 Å². The van der Waals surface area contributed by atoms with Crippen molar-refractivity contribution < 1.29 is 13.9 Å². The number of ether oxygens (including phenoxy) is 1. The molecule has 1 fully saturated rings. The van der Waals surface area contributed by atoms with Crippen LogP contribution in [0.1, 0.15) is 18.4 Å². The Bertz CT molecular complexity index is 499. The number of hydrogen-bond acceptors (Lipinski definition) is 3. The van der Waals surface area contributed by atoms with Crippen molar-refractivity contribution in [3.8, 4) is 0 Å². The van der Waals surface area contributed by atoms with Gasteiger partial charge in [-0.3, -0.25) is 4.79 Å². The maximum atomic E-state index is 13.5. The fourth-order valence-corrected chi connectivity index (χ4v) is 2.88. The van der Waals surface area contributed by atoms with Crippen LogP contribution in [0.5, 0.6) is 0 Å². The molecule has 116 valence electrons. The van der Waals surface area contributed by atoms with Gasteiger partial charge in [-0.05, 0) is 59.6 Å². The van der Waals surface area contributed by atoms with Crippen LogP contribution in [0, 0.1) is 11.2 Å². The van der Waals surface area contributed by atoms with Crippen LogP contribution in [-0.2, 0) is 16.1 Å². The molecule has 0 unspecified atom stereocenters. The smallest absolute Gasteiger partial charge is 0.228 e. The van der Waals surface area contributed by atoms with Crippen LogP contribution in [0.25, 0.3) is 0 Å². The summed E-state index contributed by atoms with van der Waals surface area (Å²) in [5, 5.41) is 6.16. The van der Waals surface area contributed by atoms with E-state index < -0.39 is 5.41 Å². The number of methoxy groups -OCH3 is 1. The Kier molecular flexibility index (Phi) is 5.72. The molecule has 0 radical (unpaired) electrons. The summed E-state index contributed by atoms with van der Waals surface area (Å²) in [5.74, 6) is -0.343. The second-order valence-corrected chi connectivity index (χ2v) is 6.25. The third-order valence-corrected chi connectivity index (χ3v) is 4.54. The number of halogens is 2. The largest absolute Gasteiger partial charge is 0.384 e. The molecular formula is C15H20BrFN2O2. The Morgan fingerprint density at radius 3 is 2.81 bits per heavy atom. The van der Waals surface area contributed by atoms with Crippen LogP contribution in [0.4, 0.5) is 4.39 Å². The molecule has 1 heterocycles. The molecule has 1 aliphatic heterocycles. The van der Waals surface area contributed by atoms with E-state index in [-0.39, 0.29) is 11.7 Å². The molecule has 2 N–H and O–H groups in total. The summed E-state index contributed by atoms with van der Waals surface area (Å²) < 4.78 is 19.1. The van der Waals surface area contributed by atoms with Crippen LogP contribution in [-0.4, -0.2) is 32.7 Å². The van der Waals surface area contributed by atoms with Crippen molar-refractivity contribution in [3.63, 3.8) is 0 Å². The lowest BCUT2D eigenvalue weighted by molar-refractivity contribution is -0.136. The standard InChI is InChI=1S/C15H20BrFN2O2/c1-21-10-15(4-6-18-7-5-15)14(20)19-9-11-2-3-12(16)13(17)8-11/h2-3,8,18H,4-7,9-10H2,1H3,(H,19,20). The van der Waals surface area contributed by atoms with E-state index in [1.54, 1.807) is 19.2 Å². The third-order valence-electron chi connectivity index (χ3n) is 3.90. The third kappa shape index (κ3) is 4.02. The summed E-state index contributed by atoms with van der Waals surface area (Å²) in [6.07, 6.45) is 1.50. The zero-order valence-corrected chi connectivity index (χ0v) is 13.6. The first-order chi connectivity index (χ1) is 10.1. The SMILES string of the molecule is COCC1(C(=O)NCc2ccc(Br)c(F)c2)CCNCC1. The molecule has 1 aliphatic rings. The van der Waals surface area contributed by atoms with Gasteiger partial charge in [0.15, 0.2) is 0 Å². The van der Waals surface area contributed by atoms with Crippen LogP contribution >= 0.6 is 15.9 Å². The van der Waals surface area contributed by atoms with E-state index in [1.165, 1.54) is 6.07 Å². The zero-order valence-electron chi connectivity index (χ0n) is 12.0. The topological polar surface area (TPSA) is 50.4 Å². The Balaban J connectivity index is 2.00. The summed E-state index contributed by atoms with van der Waals surface area (Å²) in [6, 6.07) is 4.86. The zero-order chi connectivity index (χ0) is 15.3. The highest BCUT2D eigenvalue weighted by Gasteiger charge is 2.39. The van der Waals surface area contributed by atoms with Gasteiger partial charge in [0.25, 0.3) is 0 Å². The Morgan fingerprint density at radius 2 is 2.19 bits per heavy atom. The maximum absolute atomic E-state index is 13.5. The normalized spacial score (nSPS) is 17.5. The van der Waals surface area contributed by atoms with Gasteiger partial charge in [0.05, 0.1) is 16.5 Å². The predicted molar refractivity (Wildman–Crippen MR) is 82.4 cm³/mol. The van der Waals surface area contributed by atoms with Crippen molar-refractivity contribution in [2.45, 2.75) is 19.4 Å². The summed E-state index contributed by atoms with van der Waals surface area (Å²) in [7, 11) is 1.61. The van der Waals surface area contributed by atoms with Crippen molar-refractivity contribution in [3.05, 3.63) is 34.1 Å². The van der Waals surface area contributed by atoms with Gasteiger partial charge in [-0.1, -0.05) is 6.07 Å². The molecule has 1 saturated heterocycles. The molecule has 2 rings (SSSR count). The number of benzene rings is 1. The Labute approximate surface area is 132 Å². The first-order valence-electron chi connectivity index (χ1n) is 6.99. The van der Waals surface area contributed by atoms with Gasteiger partial charge in [0, 0.05) is 13.7 Å². The molecular weight excluding hydrogens is 339 g/mol. The molecule has 0 aromatic heterocycles. The maximum Gasteiger partial charge on any atom is 0.228 e. The second-order valence-electron chi connectivity index (χ2n) is 5.39. The summed E-state index contributed by atoms with van der Waals surface area (Å²) in [4.78, 5) is 12.5. The predicted octanol–water partition coefficient (Wildman–Crippen LogP) is 2.22. The van der Waals surface area contributed by atoms with E-state index in [0.29, 0.717) is 17.6 Å². The van der Waals surface area contributed by atoms with Crippen LogP contribution in [0.15, 0.2) is 22.7 Å². The molecule has 0 saturated carbocycles. The Morgan fingerprint density at radius 1 is 1.48 bits per heavy atom. The van der Waals surface area contributed by atoms with E-state index in [0.717, 1.165) is 31.5 Å². The lowest BCUT2D eigenvalue weighted by Gasteiger charge is -2.35. The first-order valence-corrected chi connectivity index (χ1v) is 7.78. The fourth-order valence-electron chi connectivity index (χ4n) is 2.64. The number of piperidine rings is 1. The second kappa shape index (κ2) is 7.33. The average Bonchev–Trinajstić information content (AvgIpc) is 2.49. The highest BCUT2D eigenvalue weighted by Crippen LogP contribution is 2.29. The molecule has 0 aliphatic carbocycles. The van der Waals surface area contributed by atoms with Crippen LogP contribution < -0.4 is 10.6 Å². The Hall–Kier alpha value is -0.980. The van der Waals surface area contributed by atoms with Gasteiger partial charge in [0.1, 0.15) is 5.82 Å². The van der Waals surface area contributed by atoms with Crippen molar-refractivity contribution in [1.29, 1.82) is 0 Å². The summed E-state index contributed by atoms with van der Waals surface area (Å²) >= 11 is 3.12. The number of carbonyl (C=O) groups excluding carboxylic acids is 1. The molecule has 4 nitrogen and oxygen atoms in total. The lowest BCUT2D eigenvalue weighted by Crippen LogP contribution is -2.49. The van der Waals surface area contributed by atoms with Gasteiger partial charge in [0.2, 0.25) is 5.91 Å². The highest BCUT2D eigenvalue weighted by atomic mass is 79.9.